The van der Waals surface area contributed by atoms with Crippen molar-refractivity contribution in [1.29, 1.82) is 0 Å². The average Bonchev–Trinajstić information content (AvgIpc) is 3.57. The molecule has 1 unspecified atom stereocenters. The van der Waals surface area contributed by atoms with E-state index in [1.54, 1.807) is 6.92 Å². The zero-order valence-corrected chi connectivity index (χ0v) is 22.7. The van der Waals surface area contributed by atoms with Gasteiger partial charge in [0.15, 0.2) is 5.76 Å². The van der Waals surface area contributed by atoms with Crippen molar-refractivity contribution in [3.8, 4) is 22.5 Å². The van der Waals surface area contributed by atoms with Crippen LogP contribution >= 0.6 is 0 Å². The second-order valence-electron chi connectivity index (χ2n) is 10.7. The Kier molecular flexibility index (Phi) is 6.76. The standard InChI is InChI=1S/C33H32N2O5/c1-3-39-32(37)33(18-19-33)26-15-12-23(13-16-26)22-8-10-25(11-9-22)31-28(21(2)34-40-31)20-30(36)35(38)29-17-14-24-6-4-5-7-27(24)29/h4-13,15-16,29,38H,3,14,17-20H2,1-2H3. The summed E-state index contributed by atoms with van der Waals surface area (Å²) in [6.07, 6.45) is 3.17. The summed E-state index contributed by atoms with van der Waals surface area (Å²) in [4.78, 5) is 25.6. The van der Waals surface area contributed by atoms with Crippen LogP contribution in [0, 0.1) is 6.92 Å². The quantitative estimate of drug-likeness (QED) is 0.160. The SMILES string of the molecule is CCOC(=O)C1(c2ccc(-c3ccc(-c4onc(C)c4CC(=O)N(O)C4CCc5ccccc54)cc3)cc2)CC1. The molecule has 2 aliphatic rings. The summed E-state index contributed by atoms with van der Waals surface area (Å²) in [6.45, 7) is 4.03. The number of hydrogen-bond donors (Lipinski definition) is 1. The minimum absolute atomic E-state index is 0.00867. The molecule has 204 valence electrons. The van der Waals surface area contributed by atoms with Crippen LogP contribution in [0.3, 0.4) is 0 Å². The zero-order chi connectivity index (χ0) is 27.9. The van der Waals surface area contributed by atoms with Gasteiger partial charge in [-0.15, -0.1) is 0 Å². The Labute approximate surface area is 233 Å². The van der Waals surface area contributed by atoms with Crippen LogP contribution in [-0.2, 0) is 32.6 Å². The van der Waals surface area contributed by atoms with E-state index in [1.807, 2.05) is 79.7 Å². The molecule has 6 rings (SSSR count). The van der Waals surface area contributed by atoms with Gasteiger partial charge >= 0.3 is 5.97 Å². The summed E-state index contributed by atoms with van der Waals surface area (Å²) in [6, 6.07) is 23.6. The Morgan fingerprint density at radius 2 is 1.65 bits per heavy atom. The van der Waals surface area contributed by atoms with E-state index in [9.17, 15) is 14.8 Å². The number of rotatable bonds is 8. The first-order chi connectivity index (χ1) is 19.4. The molecule has 1 fully saturated rings. The van der Waals surface area contributed by atoms with E-state index in [-0.39, 0.29) is 24.3 Å². The van der Waals surface area contributed by atoms with Crippen LogP contribution in [0.2, 0.25) is 0 Å². The lowest BCUT2D eigenvalue weighted by atomic mass is 9.93. The molecule has 0 aliphatic heterocycles. The first kappa shape index (κ1) is 26.0. The summed E-state index contributed by atoms with van der Waals surface area (Å²) in [7, 11) is 0. The van der Waals surface area contributed by atoms with Crippen LogP contribution < -0.4 is 0 Å². The second kappa shape index (κ2) is 10.4. The van der Waals surface area contributed by atoms with Gasteiger partial charge < -0.3 is 9.26 Å². The van der Waals surface area contributed by atoms with Crippen molar-refractivity contribution >= 4 is 11.9 Å². The number of amides is 1. The second-order valence-corrected chi connectivity index (χ2v) is 10.7. The van der Waals surface area contributed by atoms with Crippen LogP contribution in [-0.4, -0.2) is 33.9 Å². The van der Waals surface area contributed by atoms with Gasteiger partial charge in [-0.05, 0) is 67.3 Å². The van der Waals surface area contributed by atoms with Gasteiger partial charge in [0.2, 0.25) is 0 Å². The Bertz CT molecular complexity index is 1550. The normalized spacial score (nSPS) is 16.8. The summed E-state index contributed by atoms with van der Waals surface area (Å²) in [5, 5.41) is 15.8. The maximum atomic E-state index is 13.1. The van der Waals surface area contributed by atoms with E-state index in [2.05, 4.69) is 5.16 Å². The lowest BCUT2D eigenvalue weighted by Gasteiger charge is -2.23. The number of fused-ring (bicyclic) bond motifs is 1. The highest BCUT2D eigenvalue weighted by atomic mass is 16.5. The highest BCUT2D eigenvalue weighted by Gasteiger charge is 2.52. The third-order valence-electron chi connectivity index (χ3n) is 8.30. The molecule has 40 heavy (non-hydrogen) atoms. The predicted octanol–water partition coefficient (Wildman–Crippen LogP) is 6.36. The molecule has 1 saturated carbocycles. The van der Waals surface area contributed by atoms with Crippen LogP contribution in [0.5, 0.6) is 0 Å². The van der Waals surface area contributed by atoms with E-state index in [1.165, 1.54) is 5.56 Å². The number of carbonyl (C=O) groups excluding carboxylic acids is 2. The van der Waals surface area contributed by atoms with Gasteiger partial charge in [-0.2, -0.15) is 0 Å². The van der Waals surface area contributed by atoms with Crippen molar-refractivity contribution in [1.82, 2.24) is 10.2 Å². The Hall–Kier alpha value is -4.23. The molecule has 1 N–H and O–H groups in total. The number of benzene rings is 3. The summed E-state index contributed by atoms with van der Waals surface area (Å²) in [5.41, 5.74) is 6.83. The lowest BCUT2D eigenvalue weighted by molar-refractivity contribution is -0.175. The minimum atomic E-state index is -0.484. The smallest absolute Gasteiger partial charge is 0.316 e. The van der Waals surface area contributed by atoms with Gasteiger partial charge in [0.05, 0.1) is 30.2 Å². The number of aromatic nitrogens is 1. The van der Waals surface area contributed by atoms with Crippen LogP contribution in [0.1, 0.15) is 60.2 Å². The fourth-order valence-corrected chi connectivity index (χ4v) is 5.82. The number of hydroxylamine groups is 2. The summed E-state index contributed by atoms with van der Waals surface area (Å²) < 4.78 is 10.9. The first-order valence-electron chi connectivity index (χ1n) is 13.8. The molecule has 1 aromatic heterocycles. The molecule has 7 heteroatoms. The summed E-state index contributed by atoms with van der Waals surface area (Å²) in [5.74, 6) is 0.00131. The number of nitrogens with zero attached hydrogens (tertiary/aromatic N) is 2. The van der Waals surface area contributed by atoms with Crippen molar-refractivity contribution in [3.05, 3.63) is 101 Å². The van der Waals surface area contributed by atoms with Gasteiger partial charge in [-0.1, -0.05) is 78.0 Å². The highest BCUT2D eigenvalue weighted by molar-refractivity contribution is 5.87. The third-order valence-corrected chi connectivity index (χ3v) is 8.30. The molecule has 2 aliphatic carbocycles. The third kappa shape index (κ3) is 4.60. The number of ether oxygens (including phenoxy) is 1. The van der Waals surface area contributed by atoms with Gasteiger partial charge in [0.1, 0.15) is 0 Å². The maximum absolute atomic E-state index is 13.1. The number of carbonyl (C=O) groups is 2. The Morgan fingerprint density at radius 1 is 1.00 bits per heavy atom. The molecule has 4 aromatic rings. The molecular formula is C33H32N2O5. The van der Waals surface area contributed by atoms with Crippen molar-refractivity contribution in [2.75, 3.05) is 6.61 Å². The Morgan fingerprint density at radius 3 is 2.33 bits per heavy atom. The zero-order valence-electron chi connectivity index (χ0n) is 22.7. The summed E-state index contributed by atoms with van der Waals surface area (Å²) >= 11 is 0. The Balaban J connectivity index is 1.17. The van der Waals surface area contributed by atoms with E-state index < -0.39 is 5.41 Å². The fourth-order valence-electron chi connectivity index (χ4n) is 5.82. The fraction of sp³-hybridized carbons (Fsp3) is 0.303. The number of aryl methyl sites for hydroxylation is 2. The van der Waals surface area contributed by atoms with Crippen LogP contribution in [0.15, 0.2) is 77.3 Å². The first-order valence-corrected chi connectivity index (χ1v) is 13.8. The maximum Gasteiger partial charge on any atom is 0.316 e. The van der Waals surface area contributed by atoms with Crippen LogP contribution in [0.25, 0.3) is 22.5 Å². The van der Waals surface area contributed by atoms with Gasteiger partial charge in [0.25, 0.3) is 5.91 Å². The molecular weight excluding hydrogens is 504 g/mol. The van der Waals surface area contributed by atoms with Crippen molar-refractivity contribution in [2.24, 2.45) is 0 Å². The molecule has 1 heterocycles. The molecule has 0 bridgehead atoms. The van der Waals surface area contributed by atoms with E-state index in [0.717, 1.165) is 52.1 Å². The van der Waals surface area contributed by atoms with E-state index in [0.29, 0.717) is 30.0 Å². The minimum Gasteiger partial charge on any atom is -0.465 e. The molecule has 1 atom stereocenters. The molecule has 7 nitrogen and oxygen atoms in total. The number of hydrogen-bond acceptors (Lipinski definition) is 6. The van der Waals surface area contributed by atoms with Gasteiger partial charge in [0, 0.05) is 11.1 Å². The molecule has 0 spiro atoms. The van der Waals surface area contributed by atoms with Crippen molar-refractivity contribution in [2.45, 2.75) is 57.4 Å². The molecule has 1 amide bonds. The van der Waals surface area contributed by atoms with Crippen molar-refractivity contribution in [3.63, 3.8) is 0 Å². The lowest BCUT2D eigenvalue weighted by Crippen LogP contribution is -2.32. The van der Waals surface area contributed by atoms with E-state index in [4.69, 9.17) is 9.26 Å². The highest BCUT2D eigenvalue weighted by Crippen LogP contribution is 2.49. The topological polar surface area (TPSA) is 92.9 Å². The number of esters is 1. The monoisotopic (exact) mass is 536 g/mol. The van der Waals surface area contributed by atoms with Gasteiger partial charge in [-0.25, -0.2) is 5.06 Å². The average molecular weight is 537 g/mol. The molecule has 0 saturated heterocycles. The largest absolute Gasteiger partial charge is 0.465 e. The van der Waals surface area contributed by atoms with E-state index >= 15 is 0 Å². The predicted molar refractivity (Wildman–Crippen MR) is 149 cm³/mol. The van der Waals surface area contributed by atoms with Crippen LogP contribution in [0.4, 0.5) is 0 Å². The molecule has 3 aromatic carbocycles. The van der Waals surface area contributed by atoms with Gasteiger partial charge in [-0.3, -0.25) is 14.8 Å². The molecule has 0 radical (unpaired) electrons. The van der Waals surface area contributed by atoms with Crippen molar-refractivity contribution < 1.29 is 24.1 Å².